The molecule has 0 atom stereocenters. The van der Waals surface area contributed by atoms with E-state index in [-0.39, 0.29) is 0 Å². The van der Waals surface area contributed by atoms with Crippen LogP contribution < -0.4 is 4.65 Å². The number of benzene rings is 2. The van der Waals surface area contributed by atoms with E-state index < -0.39 is 0 Å². The highest BCUT2D eigenvalue weighted by atomic mass is 16.5. The predicted octanol–water partition coefficient (Wildman–Crippen LogP) is 1.75. The Morgan fingerprint density at radius 2 is 2.08 bits per heavy atom. The zero-order valence-electron chi connectivity index (χ0n) is 7.90. The van der Waals surface area contributed by atoms with Crippen LogP contribution in [0.25, 0.3) is 10.8 Å². The summed E-state index contributed by atoms with van der Waals surface area (Å²) in [5, 5.41) is 10.4. The predicted molar refractivity (Wildman–Crippen MR) is 52.5 cm³/mol. The Bertz CT molecular complexity index is 459. The van der Waals surface area contributed by atoms with E-state index in [4.69, 9.17) is 11.0 Å². The maximum atomic E-state index is 8.56. The molecule has 0 saturated carbocycles. The molecule has 0 bridgehead atoms. The third-order valence-electron chi connectivity index (χ3n) is 1.86. The lowest BCUT2D eigenvalue weighted by atomic mass is 10.1. The molecule has 63 valence electrons. The molecule has 0 spiro atoms. The van der Waals surface area contributed by atoms with Crippen LogP contribution in [0.15, 0.2) is 42.4 Å². The Balaban J connectivity index is 2.67. The molecule has 0 heterocycles. The summed E-state index contributed by atoms with van der Waals surface area (Å²) in [7, 11) is 0.626. The van der Waals surface area contributed by atoms with Crippen LogP contribution in [0.3, 0.4) is 0 Å². The Labute approximate surface area is 78.5 Å². The highest BCUT2D eigenvalue weighted by molar-refractivity contribution is 6.18. The third-order valence-corrected chi connectivity index (χ3v) is 1.86. The molecule has 0 aromatic heterocycles. The number of hydrogen-bond acceptors (Lipinski definition) is 2. The van der Waals surface area contributed by atoms with Crippen molar-refractivity contribution < 1.29 is 11.0 Å². The van der Waals surface area contributed by atoms with E-state index in [0.29, 0.717) is 19.5 Å². The van der Waals surface area contributed by atoms with Gasteiger partial charge in [-0.05, 0) is 11.5 Å². The molecule has 0 unspecified atom stereocenters. The summed E-state index contributed by atoms with van der Waals surface area (Å²) < 4.78 is 12.4. The summed E-state index contributed by atoms with van der Waals surface area (Å²) >= 11 is 0. The van der Waals surface area contributed by atoms with Gasteiger partial charge in [0, 0.05) is 5.39 Å². The minimum Gasteiger partial charge on any atom is -0.537 e. The second kappa shape index (κ2) is 3.50. The van der Waals surface area contributed by atoms with Gasteiger partial charge in [-0.1, -0.05) is 36.4 Å². The van der Waals surface area contributed by atoms with Crippen LogP contribution >= 0.6 is 0 Å². The smallest absolute Gasteiger partial charge is 0.537 e. The largest absolute Gasteiger partial charge is 0.569 e. The molecule has 13 heavy (non-hydrogen) atoms. The van der Waals surface area contributed by atoms with Gasteiger partial charge >= 0.3 is 7.69 Å². The molecule has 0 aliphatic rings. The molecule has 0 fully saturated rings. The van der Waals surface area contributed by atoms with Crippen LogP contribution in [0.2, 0.25) is 0 Å². The van der Waals surface area contributed by atoms with Crippen molar-refractivity contribution in [1.82, 2.24) is 0 Å². The van der Waals surface area contributed by atoms with Crippen LogP contribution in [-0.4, -0.2) is 12.7 Å². The first-order valence-electron chi connectivity index (χ1n) is 4.43. The molecule has 0 aliphatic heterocycles. The Morgan fingerprint density at radius 1 is 1.23 bits per heavy atom. The summed E-state index contributed by atoms with van der Waals surface area (Å²) in [6, 6.07) is 11.2. The van der Waals surface area contributed by atoms with Crippen molar-refractivity contribution in [3.8, 4) is 5.75 Å². The van der Waals surface area contributed by atoms with Gasteiger partial charge in [-0.2, -0.15) is 0 Å². The highest BCUT2D eigenvalue weighted by Gasteiger charge is 1.99. The first kappa shape index (κ1) is 6.98. The second-order valence-corrected chi connectivity index (χ2v) is 2.63. The van der Waals surface area contributed by atoms with Gasteiger partial charge in [0.05, 0.1) is 1.37 Å². The van der Waals surface area contributed by atoms with Gasteiger partial charge in [0.15, 0.2) is 0 Å². The molecular weight excluding hydrogens is 163 g/mol. The van der Waals surface area contributed by atoms with Crippen LogP contribution in [0, 0.1) is 0 Å². The van der Waals surface area contributed by atoms with E-state index in [0.717, 1.165) is 10.8 Å². The fourth-order valence-corrected chi connectivity index (χ4v) is 1.29. The van der Waals surface area contributed by atoms with E-state index in [9.17, 15) is 0 Å². The van der Waals surface area contributed by atoms with Gasteiger partial charge in [-0.3, -0.25) is 0 Å². The van der Waals surface area contributed by atoms with E-state index in [1.54, 1.807) is 12.1 Å². The molecule has 2 nitrogen and oxygen atoms in total. The van der Waals surface area contributed by atoms with Crippen molar-refractivity contribution in [2.45, 2.75) is 0 Å². The lowest BCUT2D eigenvalue weighted by Crippen LogP contribution is -1.99. The normalized spacial score (nSPS) is 11.0. The molecule has 1 radical (unpaired) electrons. The Morgan fingerprint density at radius 3 is 2.92 bits per heavy atom. The van der Waals surface area contributed by atoms with Crippen molar-refractivity contribution >= 4 is 18.5 Å². The fourth-order valence-electron chi connectivity index (χ4n) is 1.29. The molecule has 3 heteroatoms. The standard InChI is InChI=1S/C10H8BO2/c12-11-13-10-7-3-5-8-4-1-2-6-9(8)10/h1-7,12H/i3D. The first-order chi connectivity index (χ1) is 6.81. The molecule has 2 rings (SSSR count). The minimum absolute atomic E-state index is 0.362. The lowest BCUT2D eigenvalue weighted by molar-refractivity contribution is 0.457. The zero-order chi connectivity index (χ0) is 9.97. The topological polar surface area (TPSA) is 29.5 Å². The number of rotatable bonds is 2. The van der Waals surface area contributed by atoms with E-state index >= 15 is 0 Å². The van der Waals surface area contributed by atoms with Crippen LogP contribution in [-0.2, 0) is 0 Å². The molecular formula is C10H8BO2. The SMILES string of the molecule is [2H]c1cc(O[B]O)c2ccccc2c1. The second-order valence-electron chi connectivity index (χ2n) is 2.63. The Hall–Kier alpha value is -1.48. The maximum Gasteiger partial charge on any atom is 0.569 e. The molecule has 1 N–H and O–H groups in total. The van der Waals surface area contributed by atoms with Gasteiger partial charge in [-0.25, -0.2) is 0 Å². The van der Waals surface area contributed by atoms with Gasteiger partial charge in [-0.15, -0.1) is 0 Å². The average molecular weight is 172 g/mol. The average Bonchev–Trinajstić information content (AvgIpc) is 2.18. The summed E-state index contributed by atoms with van der Waals surface area (Å²) in [4.78, 5) is 0. The van der Waals surface area contributed by atoms with Gasteiger partial charge in [0.25, 0.3) is 0 Å². The Kier molecular flexibility index (Phi) is 1.88. The van der Waals surface area contributed by atoms with Gasteiger partial charge < -0.3 is 9.68 Å². The van der Waals surface area contributed by atoms with Gasteiger partial charge in [0.2, 0.25) is 0 Å². The quantitative estimate of drug-likeness (QED) is 0.699. The van der Waals surface area contributed by atoms with Crippen molar-refractivity contribution in [1.29, 1.82) is 0 Å². The highest BCUT2D eigenvalue weighted by Crippen LogP contribution is 2.24. The van der Waals surface area contributed by atoms with E-state index in [1.165, 1.54) is 0 Å². The first-order valence-corrected chi connectivity index (χ1v) is 3.93. The summed E-state index contributed by atoms with van der Waals surface area (Å²) in [6.07, 6.45) is 0. The van der Waals surface area contributed by atoms with Crippen LogP contribution in [0.1, 0.15) is 1.37 Å². The van der Waals surface area contributed by atoms with Crippen molar-refractivity contribution in [2.24, 2.45) is 0 Å². The molecule has 2 aromatic carbocycles. The molecule has 0 aliphatic carbocycles. The van der Waals surface area contributed by atoms with Crippen molar-refractivity contribution in [3.63, 3.8) is 0 Å². The maximum absolute atomic E-state index is 8.56. The number of fused-ring (bicyclic) bond motifs is 1. The molecule has 2 aromatic rings. The summed E-state index contributed by atoms with van der Waals surface area (Å²) in [5.74, 6) is 0.496. The van der Waals surface area contributed by atoms with Crippen LogP contribution in [0.4, 0.5) is 0 Å². The number of hydrogen-bond donors (Lipinski definition) is 1. The fraction of sp³-hybridized carbons (Fsp3) is 0. The summed E-state index contributed by atoms with van der Waals surface area (Å²) in [5.41, 5.74) is 0. The third kappa shape index (κ3) is 1.51. The van der Waals surface area contributed by atoms with Crippen LogP contribution in [0.5, 0.6) is 5.75 Å². The molecule has 0 saturated heterocycles. The van der Waals surface area contributed by atoms with E-state index in [2.05, 4.69) is 0 Å². The lowest BCUT2D eigenvalue weighted by Gasteiger charge is -2.05. The molecule has 0 amide bonds. The summed E-state index contributed by atoms with van der Waals surface area (Å²) in [6.45, 7) is 0. The van der Waals surface area contributed by atoms with Crippen molar-refractivity contribution in [2.75, 3.05) is 0 Å². The van der Waals surface area contributed by atoms with Crippen molar-refractivity contribution in [3.05, 3.63) is 42.4 Å². The van der Waals surface area contributed by atoms with E-state index in [1.807, 2.05) is 24.3 Å². The minimum atomic E-state index is 0.362. The zero-order valence-corrected chi connectivity index (χ0v) is 6.90. The van der Waals surface area contributed by atoms with Gasteiger partial charge in [0.1, 0.15) is 5.75 Å². The monoisotopic (exact) mass is 172 g/mol.